The van der Waals surface area contributed by atoms with Crippen LogP contribution in [0.25, 0.3) is 33.1 Å². The molecular weight excluding hydrogens is 424 g/mol. The summed E-state index contributed by atoms with van der Waals surface area (Å²) in [5.41, 5.74) is 12.6. The molecule has 32 heavy (non-hydrogen) atoms. The molecule has 0 radical (unpaired) electrons. The number of nitrogens with one attached hydrogen (secondary N) is 1. The highest BCUT2D eigenvalue weighted by atomic mass is 32.2. The second-order valence-electron chi connectivity index (χ2n) is 7.73. The van der Waals surface area contributed by atoms with Crippen molar-refractivity contribution in [3.05, 3.63) is 72.8 Å². The highest BCUT2D eigenvalue weighted by Crippen LogP contribution is 2.35. The molecule has 2 aromatic heterocycles. The first-order chi connectivity index (χ1) is 15.3. The average Bonchev–Trinajstić information content (AvgIpc) is 3.12. The van der Waals surface area contributed by atoms with Crippen LogP contribution >= 0.6 is 0 Å². The first-order valence-corrected chi connectivity index (χ1v) is 11.8. The van der Waals surface area contributed by atoms with Gasteiger partial charge in [0.15, 0.2) is 9.84 Å². The van der Waals surface area contributed by atoms with Gasteiger partial charge in [0.1, 0.15) is 5.58 Å². The summed E-state index contributed by atoms with van der Waals surface area (Å²) >= 11 is 0. The van der Waals surface area contributed by atoms with Crippen LogP contribution < -0.4 is 11.1 Å². The number of hydrogen-bond donors (Lipinski definition) is 2. The van der Waals surface area contributed by atoms with Crippen LogP contribution in [-0.2, 0) is 9.84 Å². The summed E-state index contributed by atoms with van der Waals surface area (Å²) in [5.74, 6) is 0. The Bertz CT molecular complexity index is 1610. The summed E-state index contributed by atoms with van der Waals surface area (Å²) in [7, 11) is -3.45. The molecule has 0 saturated heterocycles. The number of sulfone groups is 1. The standard InChI is InChI=1S/C24H20N4O3S/c1-14-13-31-22-5-3-15(9-18(14)22)19-11-17(12-21-24(19)27-8-7-26-21)28-20-10-16(25)4-6-23(20)32(2,29)30/h3-13,28H,25H2,1-2H3. The summed E-state index contributed by atoms with van der Waals surface area (Å²) in [6.45, 7) is 2.00. The number of nitrogen functional groups attached to an aromatic ring is 1. The number of benzene rings is 3. The van der Waals surface area contributed by atoms with Gasteiger partial charge in [0.2, 0.25) is 0 Å². The zero-order valence-corrected chi connectivity index (χ0v) is 18.3. The van der Waals surface area contributed by atoms with Crippen LogP contribution in [-0.4, -0.2) is 24.6 Å². The molecule has 5 rings (SSSR count). The SMILES string of the molecule is Cc1coc2ccc(-c3cc(Nc4cc(N)ccc4S(C)(=O)=O)cc4nccnc34)cc12. The smallest absolute Gasteiger partial charge is 0.177 e. The Morgan fingerprint density at radius 3 is 2.62 bits per heavy atom. The van der Waals surface area contributed by atoms with Gasteiger partial charge in [-0.3, -0.25) is 9.97 Å². The van der Waals surface area contributed by atoms with Gasteiger partial charge in [-0.1, -0.05) is 6.07 Å². The largest absolute Gasteiger partial charge is 0.464 e. The van der Waals surface area contributed by atoms with Gasteiger partial charge in [0.25, 0.3) is 0 Å². The van der Waals surface area contributed by atoms with Crippen LogP contribution in [0.5, 0.6) is 0 Å². The third-order valence-electron chi connectivity index (χ3n) is 5.33. The van der Waals surface area contributed by atoms with Crippen molar-refractivity contribution in [2.75, 3.05) is 17.3 Å². The van der Waals surface area contributed by atoms with Gasteiger partial charge in [-0.25, -0.2) is 8.42 Å². The number of nitrogens with zero attached hydrogens (tertiary/aromatic N) is 2. The maximum Gasteiger partial charge on any atom is 0.177 e. The van der Waals surface area contributed by atoms with Crippen molar-refractivity contribution in [1.29, 1.82) is 0 Å². The van der Waals surface area contributed by atoms with E-state index in [2.05, 4.69) is 21.4 Å². The molecule has 8 heteroatoms. The Morgan fingerprint density at radius 2 is 1.81 bits per heavy atom. The summed E-state index contributed by atoms with van der Waals surface area (Å²) in [6.07, 6.45) is 6.18. The highest BCUT2D eigenvalue weighted by Gasteiger charge is 2.16. The molecule has 5 aromatic rings. The molecule has 3 aromatic carbocycles. The molecular formula is C24H20N4O3S. The fourth-order valence-electron chi connectivity index (χ4n) is 3.81. The topological polar surface area (TPSA) is 111 Å². The van der Waals surface area contributed by atoms with Crippen molar-refractivity contribution in [2.45, 2.75) is 11.8 Å². The van der Waals surface area contributed by atoms with Crippen LogP contribution in [0, 0.1) is 6.92 Å². The van der Waals surface area contributed by atoms with E-state index < -0.39 is 9.84 Å². The minimum absolute atomic E-state index is 0.169. The molecule has 0 aliphatic carbocycles. The molecule has 160 valence electrons. The number of rotatable bonds is 4. The average molecular weight is 445 g/mol. The minimum Gasteiger partial charge on any atom is -0.464 e. The van der Waals surface area contributed by atoms with Gasteiger partial charge in [-0.15, -0.1) is 0 Å². The molecule has 0 spiro atoms. The monoisotopic (exact) mass is 444 g/mol. The summed E-state index contributed by atoms with van der Waals surface area (Å²) in [6, 6.07) is 14.4. The van der Waals surface area contributed by atoms with E-state index in [9.17, 15) is 8.42 Å². The predicted octanol–water partition coefficient (Wildman–Crippen LogP) is 5.08. The van der Waals surface area contributed by atoms with E-state index in [4.69, 9.17) is 10.2 Å². The van der Waals surface area contributed by atoms with Crippen molar-refractivity contribution in [2.24, 2.45) is 0 Å². The van der Waals surface area contributed by atoms with Gasteiger partial charge in [0.05, 0.1) is 27.9 Å². The Hall–Kier alpha value is -3.91. The van der Waals surface area contributed by atoms with Gasteiger partial charge in [0, 0.05) is 41.0 Å². The van der Waals surface area contributed by atoms with Crippen LogP contribution in [0.3, 0.4) is 0 Å². The molecule has 0 unspecified atom stereocenters. The lowest BCUT2D eigenvalue weighted by atomic mass is 10.0. The quantitative estimate of drug-likeness (QED) is 0.372. The fourth-order valence-corrected chi connectivity index (χ4v) is 4.64. The Morgan fingerprint density at radius 1 is 1.00 bits per heavy atom. The molecule has 0 saturated carbocycles. The summed E-state index contributed by atoms with van der Waals surface area (Å²) in [4.78, 5) is 9.17. The summed E-state index contributed by atoms with van der Waals surface area (Å²) in [5, 5.41) is 4.24. The zero-order valence-electron chi connectivity index (χ0n) is 17.5. The third kappa shape index (κ3) is 3.54. The third-order valence-corrected chi connectivity index (χ3v) is 6.49. The van der Waals surface area contributed by atoms with Crippen LogP contribution in [0.15, 0.2) is 76.5 Å². The van der Waals surface area contributed by atoms with Crippen molar-refractivity contribution >= 4 is 48.9 Å². The first kappa shape index (κ1) is 20.0. The molecule has 3 N–H and O–H groups in total. The number of nitrogens with two attached hydrogens (primary N) is 1. The molecule has 0 atom stereocenters. The van der Waals surface area contributed by atoms with Crippen molar-refractivity contribution < 1.29 is 12.8 Å². The summed E-state index contributed by atoms with van der Waals surface area (Å²) < 4.78 is 30.1. The molecule has 0 fully saturated rings. The second-order valence-corrected chi connectivity index (χ2v) is 9.71. The maximum atomic E-state index is 12.3. The molecule has 2 heterocycles. The number of aromatic nitrogens is 2. The fraction of sp³-hybridized carbons (Fsp3) is 0.0833. The number of aryl methyl sites for hydroxylation is 1. The van der Waals surface area contributed by atoms with Crippen LogP contribution in [0.4, 0.5) is 17.1 Å². The Labute approximate surface area is 184 Å². The van der Waals surface area contributed by atoms with Gasteiger partial charge in [-0.2, -0.15) is 0 Å². The molecule has 0 aliphatic heterocycles. The minimum atomic E-state index is -3.45. The molecule has 0 aliphatic rings. The van der Waals surface area contributed by atoms with Crippen LogP contribution in [0.1, 0.15) is 5.56 Å². The predicted molar refractivity (Wildman–Crippen MR) is 127 cm³/mol. The Balaban J connectivity index is 1.70. The Kier molecular flexibility index (Phi) is 4.60. The van der Waals surface area contributed by atoms with E-state index in [0.29, 0.717) is 22.6 Å². The zero-order chi connectivity index (χ0) is 22.5. The van der Waals surface area contributed by atoms with E-state index in [-0.39, 0.29) is 4.90 Å². The number of fused-ring (bicyclic) bond motifs is 2. The number of hydrogen-bond acceptors (Lipinski definition) is 7. The van der Waals surface area contributed by atoms with Gasteiger partial charge < -0.3 is 15.5 Å². The van der Waals surface area contributed by atoms with E-state index in [1.54, 1.807) is 30.8 Å². The first-order valence-electron chi connectivity index (χ1n) is 9.89. The lowest BCUT2D eigenvalue weighted by Gasteiger charge is -2.14. The van der Waals surface area contributed by atoms with Crippen LogP contribution in [0.2, 0.25) is 0 Å². The number of anilines is 3. The lowest BCUT2D eigenvalue weighted by Crippen LogP contribution is -2.04. The van der Waals surface area contributed by atoms with Crippen molar-refractivity contribution in [3.8, 4) is 11.1 Å². The maximum absolute atomic E-state index is 12.3. The van der Waals surface area contributed by atoms with E-state index >= 15 is 0 Å². The second kappa shape index (κ2) is 7.35. The number of furan rings is 1. The van der Waals surface area contributed by atoms with Gasteiger partial charge in [-0.05, 0) is 60.5 Å². The van der Waals surface area contributed by atoms with Gasteiger partial charge >= 0.3 is 0 Å². The highest BCUT2D eigenvalue weighted by molar-refractivity contribution is 7.90. The molecule has 7 nitrogen and oxygen atoms in total. The van der Waals surface area contributed by atoms with E-state index in [1.807, 2.05) is 31.2 Å². The lowest BCUT2D eigenvalue weighted by molar-refractivity contribution is 0.602. The van der Waals surface area contributed by atoms with Crippen molar-refractivity contribution in [1.82, 2.24) is 9.97 Å². The van der Waals surface area contributed by atoms with Crippen molar-refractivity contribution in [3.63, 3.8) is 0 Å². The van der Waals surface area contributed by atoms with E-state index in [0.717, 1.165) is 33.2 Å². The molecule has 0 amide bonds. The molecule has 0 bridgehead atoms. The normalized spacial score (nSPS) is 11.8. The van der Waals surface area contributed by atoms with E-state index in [1.165, 1.54) is 12.3 Å².